The lowest BCUT2D eigenvalue weighted by Crippen LogP contribution is -2.24. The number of benzene rings is 2. The summed E-state index contributed by atoms with van der Waals surface area (Å²) in [5.41, 5.74) is 1.91. The van der Waals surface area contributed by atoms with Gasteiger partial charge in [0.25, 0.3) is 0 Å². The van der Waals surface area contributed by atoms with Gasteiger partial charge in [-0.25, -0.2) is 17.5 Å². The molecular formula is C14H13BrFNO2S. The quantitative estimate of drug-likeness (QED) is 0.911. The average molecular weight is 358 g/mol. The average Bonchev–Trinajstić information content (AvgIpc) is 2.37. The number of halogens is 2. The van der Waals surface area contributed by atoms with Gasteiger partial charge in [0.2, 0.25) is 10.0 Å². The molecule has 0 aliphatic heterocycles. The van der Waals surface area contributed by atoms with Gasteiger partial charge in [-0.05, 0) is 30.7 Å². The monoisotopic (exact) mass is 357 g/mol. The fourth-order valence-corrected chi connectivity index (χ4v) is 3.06. The van der Waals surface area contributed by atoms with E-state index in [9.17, 15) is 12.8 Å². The molecule has 0 unspecified atom stereocenters. The van der Waals surface area contributed by atoms with E-state index in [2.05, 4.69) is 20.7 Å². The van der Waals surface area contributed by atoms with Crippen LogP contribution in [-0.2, 0) is 16.6 Å². The van der Waals surface area contributed by atoms with Gasteiger partial charge < -0.3 is 0 Å². The van der Waals surface area contributed by atoms with Crippen LogP contribution in [0.5, 0.6) is 0 Å². The predicted octanol–water partition coefficient (Wildman–Crippen LogP) is 3.38. The van der Waals surface area contributed by atoms with Crippen molar-refractivity contribution in [3.8, 4) is 0 Å². The van der Waals surface area contributed by atoms with Crippen molar-refractivity contribution < 1.29 is 12.8 Å². The molecule has 0 amide bonds. The molecule has 106 valence electrons. The van der Waals surface area contributed by atoms with E-state index >= 15 is 0 Å². The molecule has 6 heteroatoms. The number of hydrogen-bond acceptors (Lipinski definition) is 2. The minimum Gasteiger partial charge on any atom is -0.207 e. The smallest absolute Gasteiger partial charge is 0.207 e. The second kappa shape index (κ2) is 6.03. The standard InChI is InChI=1S/C14H13BrFNO2S/c1-10-2-4-11(5-3-10)9-17-20(18,19)14-7-6-12(15)8-13(14)16/h2-8,17H,9H2,1H3. The summed E-state index contributed by atoms with van der Waals surface area (Å²) in [5, 5.41) is 0. The van der Waals surface area contributed by atoms with Crippen LogP contribution in [0.1, 0.15) is 11.1 Å². The Labute approximate surface area is 126 Å². The van der Waals surface area contributed by atoms with Crippen molar-refractivity contribution in [3.05, 3.63) is 63.9 Å². The second-order valence-corrected chi connectivity index (χ2v) is 7.04. The molecule has 0 bridgehead atoms. The third-order valence-corrected chi connectivity index (χ3v) is 4.70. The first kappa shape index (κ1) is 15.2. The molecular weight excluding hydrogens is 345 g/mol. The summed E-state index contributed by atoms with van der Waals surface area (Å²) in [5.74, 6) is -0.782. The molecule has 0 radical (unpaired) electrons. The molecule has 20 heavy (non-hydrogen) atoms. The number of nitrogens with one attached hydrogen (secondary N) is 1. The van der Waals surface area contributed by atoms with Crippen molar-refractivity contribution in [1.29, 1.82) is 0 Å². The van der Waals surface area contributed by atoms with Crippen LogP contribution in [-0.4, -0.2) is 8.42 Å². The predicted molar refractivity (Wildman–Crippen MR) is 79.3 cm³/mol. The Bertz CT molecular complexity index is 714. The maximum absolute atomic E-state index is 13.7. The Morgan fingerprint density at radius 3 is 2.40 bits per heavy atom. The van der Waals surface area contributed by atoms with Crippen LogP contribution in [0.4, 0.5) is 4.39 Å². The molecule has 0 aliphatic carbocycles. The zero-order valence-corrected chi connectivity index (χ0v) is 13.1. The van der Waals surface area contributed by atoms with Gasteiger partial charge in [0, 0.05) is 11.0 Å². The lowest BCUT2D eigenvalue weighted by atomic mass is 10.2. The Kier molecular flexibility index (Phi) is 4.57. The summed E-state index contributed by atoms with van der Waals surface area (Å²) in [6, 6.07) is 11.3. The normalized spacial score (nSPS) is 11.6. The topological polar surface area (TPSA) is 46.2 Å². The van der Waals surface area contributed by atoms with Gasteiger partial charge in [0.15, 0.2) is 0 Å². The van der Waals surface area contributed by atoms with Gasteiger partial charge >= 0.3 is 0 Å². The first-order valence-electron chi connectivity index (χ1n) is 5.89. The van der Waals surface area contributed by atoms with Gasteiger partial charge in [-0.2, -0.15) is 0 Å². The lowest BCUT2D eigenvalue weighted by molar-refractivity contribution is 0.556. The van der Waals surface area contributed by atoms with Crippen LogP contribution in [0.15, 0.2) is 51.8 Å². The highest BCUT2D eigenvalue weighted by Crippen LogP contribution is 2.19. The summed E-state index contributed by atoms with van der Waals surface area (Å²) >= 11 is 3.09. The molecule has 0 aliphatic rings. The van der Waals surface area contributed by atoms with Crippen molar-refractivity contribution in [3.63, 3.8) is 0 Å². The van der Waals surface area contributed by atoms with Crippen LogP contribution in [0.2, 0.25) is 0 Å². The van der Waals surface area contributed by atoms with E-state index in [1.165, 1.54) is 12.1 Å². The first-order valence-corrected chi connectivity index (χ1v) is 8.16. The van der Waals surface area contributed by atoms with E-state index in [1.54, 1.807) is 0 Å². The highest BCUT2D eigenvalue weighted by molar-refractivity contribution is 9.10. The number of sulfonamides is 1. The van der Waals surface area contributed by atoms with E-state index in [0.717, 1.165) is 17.2 Å². The van der Waals surface area contributed by atoms with Crippen molar-refractivity contribution in [2.24, 2.45) is 0 Å². The van der Waals surface area contributed by atoms with Crippen molar-refractivity contribution in [2.75, 3.05) is 0 Å². The maximum Gasteiger partial charge on any atom is 0.243 e. The molecule has 0 saturated carbocycles. The van der Waals surface area contributed by atoms with Gasteiger partial charge in [0.1, 0.15) is 10.7 Å². The molecule has 0 atom stereocenters. The highest BCUT2D eigenvalue weighted by Gasteiger charge is 2.18. The molecule has 0 aromatic heterocycles. The molecule has 0 spiro atoms. The zero-order valence-electron chi connectivity index (χ0n) is 10.7. The third kappa shape index (κ3) is 3.65. The minimum absolute atomic E-state index is 0.123. The van der Waals surface area contributed by atoms with Gasteiger partial charge in [0.05, 0.1) is 0 Å². The summed E-state index contributed by atoms with van der Waals surface area (Å²) in [6.07, 6.45) is 0. The largest absolute Gasteiger partial charge is 0.243 e. The van der Waals surface area contributed by atoms with Gasteiger partial charge in [-0.1, -0.05) is 45.8 Å². The molecule has 2 aromatic rings. The molecule has 0 saturated heterocycles. The summed E-state index contributed by atoms with van der Waals surface area (Å²) in [4.78, 5) is -0.354. The number of rotatable bonds is 4. The molecule has 1 N–H and O–H groups in total. The Morgan fingerprint density at radius 2 is 1.80 bits per heavy atom. The summed E-state index contributed by atoms with van der Waals surface area (Å²) < 4.78 is 40.6. The van der Waals surface area contributed by atoms with E-state index in [0.29, 0.717) is 4.47 Å². The molecule has 3 nitrogen and oxygen atoms in total. The Morgan fingerprint density at radius 1 is 1.15 bits per heavy atom. The van der Waals surface area contributed by atoms with Crippen LogP contribution in [0.25, 0.3) is 0 Å². The van der Waals surface area contributed by atoms with Crippen LogP contribution >= 0.6 is 15.9 Å². The van der Waals surface area contributed by atoms with E-state index < -0.39 is 15.8 Å². The molecule has 0 heterocycles. The highest BCUT2D eigenvalue weighted by atomic mass is 79.9. The van der Waals surface area contributed by atoms with Crippen LogP contribution in [0.3, 0.4) is 0 Å². The van der Waals surface area contributed by atoms with E-state index in [4.69, 9.17) is 0 Å². The SMILES string of the molecule is Cc1ccc(CNS(=O)(=O)c2ccc(Br)cc2F)cc1. The number of aryl methyl sites for hydroxylation is 1. The lowest BCUT2D eigenvalue weighted by Gasteiger charge is -2.08. The fourth-order valence-electron chi connectivity index (χ4n) is 1.66. The maximum atomic E-state index is 13.7. The van der Waals surface area contributed by atoms with E-state index in [-0.39, 0.29) is 11.4 Å². The first-order chi connectivity index (χ1) is 9.38. The third-order valence-electron chi connectivity index (χ3n) is 2.77. The van der Waals surface area contributed by atoms with Crippen LogP contribution < -0.4 is 4.72 Å². The van der Waals surface area contributed by atoms with Crippen molar-refractivity contribution >= 4 is 26.0 Å². The van der Waals surface area contributed by atoms with Gasteiger partial charge in [-0.3, -0.25) is 0 Å². The molecule has 2 rings (SSSR count). The Hall–Kier alpha value is -1.24. The summed E-state index contributed by atoms with van der Waals surface area (Å²) in [7, 11) is -3.86. The van der Waals surface area contributed by atoms with Crippen molar-refractivity contribution in [1.82, 2.24) is 4.72 Å². The van der Waals surface area contributed by atoms with E-state index in [1.807, 2.05) is 31.2 Å². The minimum atomic E-state index is -3.86. The fraction of sp³-hybridized carbons (Fsp3) is 0.143. The number of hydrogen-bond donors (Lipinski definition) is 1. The molecule has 2 aromatic carbocycles. The van der Waals surface area contributed by atoms with Crippen LogP contribution in [0, 0.1) is 12.7 Å². The molecule has 0 fully saturated rings. The van der Waals surface area contributed by atoms with Crippen molar-refractivity contribution in [2.45, 2.75) is 18.4 Å². The second-order valence-electron chi connectivity index (χ2n) is 4.38. The van der Waals surface area contributed by atoms with Gasteiger partial charge in [-0.15, -0.1) is 0 Å². The summed E-state index contributed by atoms with van der Waals surface area (Å²) in [6.45, 7) is 2.07. The Balaban J connectivity index is 2.17. The zero-order chi connectivity index (χ0) is 14.8.